The van der Waals surface area contributed by atoms with Gasteiger partial charge in [0.15, 0.2) is 0 Å². The number of anilines is 2. The molecule has 3 rings (SSSR count). The Hall–Kier alpha value is -3.13. The highest BCUT2D eigenvalue weighted by atomic mass is 16.6. The molecule has 1 aliphatic heterocycles. The Bertz CT molecular complexity index is 773. The summed E-state index contributed by atoms with van der Waals surface area (Å²) in [5, 5.41) is 16.0. The van der Waals surface area contributed by atoms with Crippen LogP contribution >= 0.6 is 0 Å². The Morgan fingerprint density at radius 3 is 2.65 bits per heavy atom. The van der Waals surface area contributed by atoms with E-state index in [0.717, 1.165) is 19.4 Å². The summed E-state index contributed by atoms with van der Waals surface area (Å²) in [7, 11) is 0. The molecule has 1 unspecified atom stereocenters. The minimum Gasteiger partial charge on any atom is -0.491 e. The van der Waals surface area contributed by atoms with E-state index in [1.54, 1.807) is 18.2 Å². The van der Waals surface area contributed by atoms with Gasteiger partial charge in [-0.2, -0.15) is 0 Å². The van der Waals surface area contributed by atoms with Crippen LogP contribution in [0.4, 0.5) is 21.9 Å². The molecule has 1 heterocycles. The lowest BCUT2D eigenvalue weighted by Crippen LogP contribution is -2.19. The summed E-state index contributed by atoms with van der Waals surface area (Å²) >= 11 is 0. The molecule has 2 aromatic rings. The van der Waals surface area contributed by atoms with Crippen molar-refractivity contribution in [1.29, 1.82) is 0 Å². The standard InChI is InChI=1S/C18H19N3O5/c22-18(19-13-6-8-15(9-7-13)21(23)24)20-14-3-1-4-16(11-14)26-12-17-5-2-10-25-17/h1,3-4,6-9,11,17H,2,5,10,12H2,(H2,19,20,22). The molecule has 26 heavy (non-hydrogen) atoms. The van der Waals surface area contributed by atoms with Gasteiger partial charge in [-0.1, -0.05) is 6.07 Å². The highest BCUT2D eigenvalue weighted by Gasteiger charge is 2.16. The first-order valence-corrected chi connectivity index (χ1v) is 8.27. The number of hydrogen-bond donors (Lipinski definition) is 2. The molecule has 1 atom stereocenters. The molecule has 1 saturated heterocycles. The summed E-state index contributed by atoms with van der Waals surface area (Å²) in [6.45, 7) is 1.26. The van der Waals surface area contributed by atoms with Gasteiger partial charge >= 0.3 is 6.03 Å². The number of amides is 2. The lowest BCUT2D eigenvalue weighted by Gasteiger charge is -2.13. The van der Waals surface area contributed by atoms with E-state index in [1.807, 2.05) is 6.07 Å². The number of ether oxygens (including phenoxy) is 2. The largest absolute Gasteiger partial charge is 0.491 e. The van der Waals surface area contributed by atoms with Crippen molar-refractivity contribution in [2.24, 2.45) is 0 Å². The lowest BCUT2D eigenvalue weighted by molar-refractivity contribution is -0.384. The van der Waals surface area contributed by atoms with Crippen molar-refractivity contribution < 1.29 is 19.2 Å². The van der Waals surface area contributed by atoms with Crippen molar-refractivity contribution in [3.05, 3.63) is 58.6 Å². The monoisotopic (exact) mass is 357 g/mol. The fraction of sp³-hybridized carbons (Fsp3) is 0.278. The molecule has 136 valence electrons. The number of carbonyl (C=O) groups excluding carboxylic acids is 1. The van der Waals surface area contributed by atoms with Crippen molar-refractivity contribution in [2.45, 2.75) is 18.9 Å². The Balaban J connectivity index is 1.53. The first-order valence-electron chi connectivity index (χ1n) is 8.27. The first kappa shape index (κ1) is 17.7. The van der Waals surface area contributed by atoms with Gasteiger partial charge < -0.3 is 20.1 Å². The zero-order valence-corrected chi connectivity index (χ0v) is 14.0. The van der Waals surface area contributed by atoms with Gasteiger partial charge in [-0.15, -0.1) is 0 Å². The number of nitrogens with one attached hydrogen (secondary N) is 2. The van der Waals surface area contributed by atoms with Crippen molar-refractivity contribution in [3.8, 4) is 5.75 Å². The third-order valence-electron chi connectivity index (χ3n) is 3.89. The highest BCUT2D eigenvalue weighted by molar-refractivity contribution is 5.99. The summed E-state index contributed by atoms with van der Waals surface area (Å²) in [4.78, 5) is 22.2. The summed E-state index contributed by atoms with van der Waals surface area (Å²) < 4.78 is 11.2. The van der Waals surface area contributed by atoms with E-state index >= 15 is 0 Å². The molecule has 2 amide bonds. The average molecular weight is 357 g/mol. The van der Waals surface area contributed by atoms with E-state index in [4.69, 9.17) is 9.47 Å². The van der Waals surface area contributed by atoms with Crippen LogP contribution in [-0.2, 0) is 4.74 Å². The van der Waals surface area contributed by atoms with Gasteiger partial charge in [-0.3, -0.25) is 10.1 Å². The van der Waals surface area contributed by atoms with Crippen LogP contribution in [0.1, 0.15) is 12.8 Å². The molecule has 0 bridgehead atoms. The van der Waals surface area contributed by atoms with Crippen LogP contribution in [0.3, 0.4) is 0 Å². The summed E-state index contributed by atoms with van der Waals surface area (Å²) in [5.41, 5.74) is 1.00. The second kappa shape index (κ2) is 8.30. The molecule has 0 aromatic heterocycles. The van der Waals surface area contributed by atoms with Crippen LogP contribution in [0.5, 0.6) is 5.75 Å². The van der Waals surface area contributed by atoms with Gasteiger partial charge in [0.25, 0.3) is 5.69 Å². The number of urea groups is 1. The molecule has 0 radical (unpaired) electrons. The quantitative estimate of drug-likeness (QED) is 0.605. The normalized spacial score (nSPS) is 16.1. The molecule has 8 nitrogen and oxygen atoms in total. The van der Waals surface area contributed by atoms with Crippen molar-refractivity contribution in [2.75, 3.05) is 23.8 Å². The van der Waals surface area contributed by atoms with E-state index in [2.05, 4.69) is 10.6 Å². The van der Waals surface area contributed by atoms with E-state index in [0.29, 0.717) is 23.7 Å². The zero-order chi connectivity index (χ0) is 18.4. The van der Waals surface area contributed by atoms with Crippen LogP contribution in [0.25, 0.3) is 0 Å². The number of non-ortho nitro benzene ring substituents is 1. The number of hydrogen-bond acceptors (Lipinski definition) is 5. The predicted octanol–water partition coefficient (Wildman–Crippen LogP) is 3.80. The Morgan fingerprint density at radius 1 is 1.19 bits per heavy atom. The second-order valence-corrected chi connectivity index (χ2v) is 5.86. The predicted molar refractivity (Wildman–Crippen MR) is 96.6 cm³/mol. The van der Waals surface area contributed by atoms with Crippen molar-refractivity contribution in [3.63, 3.8) is 0 Å². The van der Waals surface area contributed by atoms with E-state index < -0.39 is 11.0 Å². The third-order valence-corrected chi connectivity index (χ3v) is 3.89. The third kappa shape index (κ3) is 4.93. The number of nitrogens with zero attached hydrogens (tertiary/aromatic N) is 1. The summed E-state index contributed by atoms with van der Waals surface area (Å²) in [6.07, 6.45) is 2.17. The van der Waals surface area contributed by atoms with Crippen molar-refractivity contribution >= 4 is 23.1 Å². The summed E-state index contributed by atoms with van der Waals surface area (Å²) in [5.74, 6) is 0.647. The molecular formula is C18H19N3O5. The average Bonchev–Trinajstić information content (AvgIpc) is 3.14. The van der Waals surface area contributed by atoms with Crippen LogP contribution in [0.2, 0.25) is 0 Å². The minimum absolute atomic E-state index is 0.0351. The molecular weight excluding hydrogens is 338 g/mol. The van der Waals surface area contributed by atoms with Gasteiger partial charge in [-0.05, 0) is 37.1 Å². The van der Waals surface area contributed by atoms with Crippen LogP contribution < -0.4 is 15.4 Å². The fourth-order valence-corrected chi connectivity index (χ4v) is 2.59. The van der Waals surface area contributed by atoms with E-state index in [9.17, 15) is 14.9 Å². The summed E-state index contributed by atoms with van der Waals surface area (Å²) in [6, 6.07) is 12.2. The first-order chi connectivity index (χ1) is 12.6. The maximum Gasteiger partial charge on any atom is 0.323 e. The maximum absolute atomic E-state index is 12.1. The smallest absolute Gasteiger partial charge is 0.323 e. The molecule has 1 aliphatic rings. The molecule has 0 aliphatic carbocycles. The van der Waals surface area contributed by atoms with Gasteiger partial charge in [-0.25, -0.2) is 4.79 Å². The van der Waals surface area contributed by atoms with Crippen LogP contribution in [0.15, 0.2) is 48.5 Å². The van der Waals surface area contributed by atoms with Crippen molar-refractivity contribution in [1.82, 2.24) is 0 Å². The topological polar surface area (TPSA) is 103 Å². The maximum atomic E-state index is 12.1. The zero-order valence-electron chi connectivity index (χ0n) is 14.0. The Labute approximate surface area is 150 Å². The Morgan fingerprint density at radius 2 is 1.96 bits per heavy atom. The van der Waals surface area contributed by atoms with Gasteiger partial charge in [0.2, 0.25) is 0 Å². The number of nitro groups is 1. The number of benzene rings is 2. The van der Waals surface area contributed by atoms with Gasteiger partial charge in [0.05, 0.1) is 11.0 Å². The number of rotatable bonds is 6. The fourth-order valence-electron chi connectivity index (χ4n) is 2.59. The molecule has 8 heteroatoms. The molecule has 2 aromatic carbocycles. The van der Waals surface area contributed by atoms with Crippen LogP contribution in [-0.4, -0.2) is 30.3 Å². The highest BCUT2D eigenvalue weighted by Crippen LogP contribution is 2.20. The SMILES string of the molecule is O=C(Nc1ccc([N+](=O)[O-])cc1)Nc1cccc(OCC2CCCO2)c1. The molecule has 0 saturated carbocycles. The second-order valence-electron chi connectivity index (χ2n) is 5.86. The molecule has 1 fully saturated rings. The van der Waals surface area contributed by atoms with E-state index in [1.165, 1.54) is 24.3 Å². The van der Waals surface area contributed by atoms with Crippen LogP contribution in [0, 0.1) is 10.1 Å². The number of carbonyl (C=O) groups is 1. The lowest BCUT2D eigenvalue weighted by atomic mass is 10.2. The van der Waals surface area contributed by atoms with E-state index in [-0.39, 0.29) is 11.8 Å². The molecule has 0 spiro atoms. The van der Waals surface area contributed by atoms with Gasteiger partial charge in [0.1, 0.15) is 12.4 Å². The number of nitro benzene ring substituents is 1. The van der Waals surface area contributed by atoms with Gasteiger partial charge in [0, 0.05) is 36.2 Å². The Kier molecular flexibility index (Phi) is 5.65. The molecule has 2 N–H and O–H groups in total. The minimum atomic E-state index is -0.494.